The van der Waals surface area contributed by atoms with Crippen molar-refractivity contribution in [2.75, 3.05) is 7.05 Å². The second-order valence-corrected chi connectivity index (χ2v) is 6.15. The summed E-state index contributed by atoms with van der Waals surface area (Å²) >= 11 is 3.11. The number of halogens is 3. The molecule has 1 unspecified atom stereocenters. The van der Waals surface area contributed by atoms with E-state index in [9.17, 15) is 8.78 Å². The van der Waals surface area contributed by atoms with Gasteiger partial charge >= 0.3 is 0 Å². The van der Waals surface area contributed by atoms with Crippen molar-refractivity contribution >= 4 is 15.9 Å². The lowest BCUT2D eigenvalue weighted by Crippen LogP contribution is -2.20. The molecule has 2 aromatic rings. The first-order valence-electron chi connectivity index (χ1n) is 6.86. The van der Waals surface area contributed by atoms with E-state index < -0.39 is 17.7 Å². The van der Waals surface area contributed by atoms with Gasteiger partial charge in [0.25, 0.3) is 0 Å². The Bertz CT molecular complexity index is 623. The lowest BCUT2D eigenvalue weighted by molar-refractivity contribution is 0.518. The normalized spacial score (nSPS) is 12.7. The first-order chi connectivity index (χ1) is 9.95. The van der Waals surface area contributed by atoms with Gasteiger partial charge in [0, 0.05) is 5.56 Å². The highest BCUT2D eigenvalue weighted by atomic mass is 79.9. The highest BCUT2D eigenvalue weighted by molar-refractivity contribution is 9.10. The third-order valence-electron chi connectivity index (χ3n) is 3.59. The van der Waals surface area contributed by atoms with Gasteiger partial charge in [0.05, 0.1) is 10.5 Å². The molecule has 0 radical (unpaired) electrons. The molecule has 0 aliphatic carbocycles. The van der Waals surface area contributed by atoms with Crippen LogP contribution in [-0.2, 0) is 0 Å². The van der Waals surface area contributed by atoms with E-state index in [1.54, 1.807) is 7.05 Å². The molecule has 0 aliphatic heterocycles. The standard InChI is InChI=1S/C17H18BrF2N/c1-10(2)11-4-6-12(7-5-11)17(21-3)15-14(19)9-8-13(18)16(15)20/h4-10,17,21H,1-3H3. The first kappa shape index (κ1) is 16.1. The van der Waals surface area contributed by atoms with Crippen LogP contribution < -0.4 is 5.32 Å². The summed E-state index contributed by atoms with van der Waals surface area (Å²) in [5, 5.41) is 2.99. The molecule has 0 amide bonds. The van der Waals surface area contributed by atoms with Gasteiger partial charge in [0.2, 0.25) is 0 Å². The summed E-state index contributed by atoms with van der Waals surface area (Å²) in [4.78, 5) is 0. The van der Waals surface area contributed by atoms with Crippen LogP contribution in [0.4, 0.5) is 8.78 Å². The van der Waals surface area contributed by atoms with Gasteiger partial charge in [0.1, 0.15) is 11.6 Å². The average Bonchev–Trinajstić information content (AvgIpc) is 2.48. The van der Waals surface area contributed by atoms with E-state index in [2.05, 4.69) is 35.1 Å². The molecule has 0 bridgehead atoms. The number of hydrogen-bond donors (Lipinski definition) is 1. The van der Waals surface area contributed by atoms with Crippen LogP contribution in [0.3, 0.4) is 0 Å². The lowest BCUT2D eigenvalue weighted by Gasteiger charge is -2.20. The highest BCUT2D eigenvalue weighted by Crippen LogP contribution is 2.31. The third kappa shape index (κ3) is 3.33. The molecule has 0 heterocycles. The summed E-state index contributed by atoms with van der Waals surface area (Å²) in [6.45, 7) is 4.22. The minimum absolute atomic E-state index is 0.0316. The molecule has 0 aliphatic rings. The van der Waals surface area contributed by atoms with E-state index in [-0.39, 0.29) is 10.0 Å². The van der Waals surface area contributed by atoms with Crippen LogP contribution >= 0.6 is 15.9 Å². The molecule has 1 N–H and O–H groups in total. The Morgan fingerprint density at radius 3 is 2.05 bits per heavy atom. The quantitative estimate of drug-likeness (QED) is 0.748. The van der Waals surface area contributed by atoms with Crippen molar-refractivity contribution in [3.05, 3.63) is 69.2 Å². The van der Waals surface area contributed by atoms with Gasteiger partial charge in [-0.2, -0.15) is 0 Å². The molecule has 0 saturated heterocycles. The van der Waals surface area contributed by atoms with Gasteiger partial charge in [-0.3, -0.25) is 0 Å². The summed E-state index contributed by atoms with van der Waals surface area (Å²) < 4.78 is 28.6. The zero-order valence-electron chi connectivity index (χ0n) is 12.3. The van der Waals surface area contributed by atoms with Crippen molar-refractivity contribution in [1.82, 2.24) is 5.32 Å². The predicted octanol–water partition coefficient (Wildman–Crippen LogP) is 5.16. The maximum atomic E-state index is 14.3. The molecule has 0 saturated carbocycles. The van der Waals surface area contributed by atoms with E-state index in [1.807, 2.05) is 24.3 Å². The van der Waals surface area contributed by atoms with Crippen molar-refractivity contribution in [2.24, 2.45) is 0 Å². The molecule has 1 nitrogen and oxygen atoms in total. The maximum Gasteiger partial charge on any atom is 0.145 e. The van der Waals surface area contributed by atoms with Gasteiger partial charge in [-0.1, -0.05) is 38.1 Å². The molecule has 1 atom stereocenters. The van der Waals surface area contributed by atoms with Crippen LogP contribution in [0.2, 0.25) is 0 Å². The Labute approximate surface area is 132 Å². The van der Waals surface area contributed by atoms with Gasteiger partial charge in [-0.15, -0.1) is 0 Å². The SMILES string of the molecule is CNC(c1ccc(C(C)C)cc1)c1c(F)ccc(Br)c1F. The summed E-state index contributed by atoms with van der Waals surface area (Å²) in [5.41, 5.74) is 2.06. The van der Waals surface area contributed by atoms with E-state index in [4.69, 9.17) is 0 Å². The van der Waals surface area contributed by atoms with Crippen LogP contribution in [0.5, 0.6) is 0 Å². The Balaban J connectivity index is 2.47. The van der Waals surface area contributed by atoms with Crippen molar-refractivity contribution in [2.45, 2.75) is 25.8 Å². The monoisotopic (exact) mass is 353 g/mol. The zero-order valence-corrected chi connectivity index (χ0v) is 13.8. The van der Waals surface area contributed by atoms with Crippen LogP contribution in [0, 0.1) is 11.6 Å². The maximum absolute atomic E-state index is 14.3. The van der Waals surface area contributed by atoms with E-state index in [0.29, 0.717) is 5.92 Å². The van der Waals surface area contributed by atoms with Crippen LogP contribution in [0.25, 0.3) is 0 Å². The minimum Gasteiger partial charge on any atom is -0.309 e. The second kappa shape index (κ2) is 6.67. The Morgan fingerprint density at radius 1 is 0.952 bits per heavy atom. The van der Waals surface area contributed by atoms with Crippen LogP contribution in [-0.4, -0.2) is 7.05 Å². The number of rotatable bonds is 4. The van der Waals surface area contributed by atoms with Gasteiger partial charge in [-0.25, -0.2) is 8.78 Å². The average molecular weight is 354 g/mol. The molecule has 112 valence electrons. The predicted molar refractivity (Wildman–Crippen MR) is 85.5 cm³/mol. The largest absolute Gasteiger partial charge is 0.309 e. The molecule has 0 spiro atoms. The second-order valence-electron chi connectivity index (χ2n) is 5.30. The zero-order chi connectivity index (χ0) is 15.6. The van der Waals surface area contributed by atoms with Crippen LogP contribution in [0.1, 0.15) is 42.5 Å². The van der Waals surface area contributed by atoms with Gasteiger partial charge in [-0.05, 0) is 52.2 Å². The topological polar surface area (TPSA) is 12.0 Å². The van der Waals surface area contributed by atoms with Gasteiger partial charge in [0.15, 0.2) is 0 Å². The van der Waals surface area contributed by atoms with Gasteiger partial charge < -0.3 is 5.32 Å². The Kier molecular flexibility index (Phi) is 5.12. The molecule has 2 aromatic carbocycles. The number of hydrogen-bond acceptors (Lipinski definition) is 1. The fourth-order valence-corrected chi connectivity index (χ4v) is 2.70. The van der Waals surface area contributed by atoms with Crippen LogP contribution in [0.15, 0.2) is 40.9 Å². The Hall–Kier alpha value is -1.26. The third-order valence-corrected chi connectivity index (χ3v) is 4.21. The molecule has 4 heteroatoms. The first-order valence-corrected chi connectivity index (χ1v) is 7.65. The molecular weight excluding hydrogens is 336 g/mol. The van der Waals surface area contributed by atoms with Crippen molar-refractivity contribution < 1.29 is 8.78 Å². The Morgan fingerprint density at radius 2 is 1.52 bits per heavy atom. The van der Waals surface area contributed by atoms with Crippen molar-refractivity contribution in [3.63, 3.8) is 0 Å². The fraction of sp³-hybridized carbons (Fsp3) is 0.294. The molecular formula is C17H18BrF2N. The summed E-state index contributed by atoms with van der Waals surface area (Å²) in [5.74, 6) is -0.698. The highest BCUT2D eigenvalue weighted by Gasteiger charge is 2.22. The van der Waals surface area contributed by atoms with E-state index in [0.717, 1.165) is 5.56 Å². The van der Waals surface area contributed by atoms with E-state index >= 15 is 0 Å². The summed E-state index contributed by atoms with van der Waals surface area (Å²) in [7, 11) is 1.70. The van der Waals surface area contributed by atoms with E-state index in [1.165, 1.54) is 17.7 Å². The van der Waals surface area contributed by atoms with Crippen molar-refractivity contribution in [1.29, 1.82) is 0 Å². The smallest absolute Gasteiger partial charge is 0.145 e. The number of nitrogens with one attached hydrogen (secondary N) is 1. The molecule has 0 aromatic heterocycles. The minimum atomic E-state index is -0.567. The lowest BCUT2D eigenvalue weighted by atomic mass is 9.95. The molecule has 21 heavy (non-hydrogen) atoms. The molecule has 0 fully saturated rings. The summed E-state index contributed by atoms with van der Waals surface area (Å²) in [6.07, 6.45) is 0. The fourth-order valence-electron chi connectivity index (χ4n) is 2.36. The number of benzene rings is 2. The van der Waals surface area contributed by atoms with Crippen molar-refractivity contribution in [3.8, 4) is 0 Å². The summed E-state index contributed by atoms with van der Waals surface area (Å²) in [6, 6.07) is 9.95. The molecule has 2 rings (SSSR count).